The number of rotatable bonds is 9. The van der Waals surface area contributed by atoms with Crippen LogP contribution < -0.4 is 10.2 Å². The normalized spacial score (nSPS) is 13.7. The fourth-order valence-electron chi connectivity index (χ4n) is 4.84. The predicted octanol–water partition coefficient (Wildman–Crippen LogP) is 4.62. The van der Waals surface area contributed by atoms with E-state index in [1.165, 1.54) is 34.6 Å². The molecule has 2 amide bonds. The third-order valence-electron chi connectivity index (χ3n) is 7.06. The lowest BCUT2D eigenvalue weighted by atomic mass is 10.1. The van der Waals surface area contributed by atoms with E-state index in [0.29, 0.717) is 37.4 Å². The molecule has 1 aliphatic rings. The third-order valence-corrected chi connectivity index (χ3v) is 8.86. The van der Waals surface area contributed by atoms with E-state index in [4.69, 9.17) is 0 Å². The summed E-state index contributed by atoms with van der Waals surface area (Å²) < 4.78 is 41.5. The SMILES string of the molecule is O=C(CN(Cc1ccccc1)S(=O)(=O)c1ccccc1)Nc1ccc(N2CCN(C(=O)c3cccc(F)c3)CC2)cc1. The van der Waals surface area contributed by atoms with Gasteiger partial charge in [0.1, 0.15) is 5.82 Å². The maximum absolute atomic E-state index is 13.5. The number of carbonyl (C=O) groups is 2. The van der Waals surface area contributed by atoms with E-state index in [1.54, 1.807) is 41.3 Å². The molecule has 1 N–H and O–H groups in total. The highest BCUT2D eigenvalue weighted by Gasteiger charge is 2.27. The molecule has 216 valence electrons. The third kappa shape index (κ3) is 7.02. The van der Waals surface area contributed by atoms with E-state index < -0.39 is 21.7 Å². The summed E-state index contributed by atoms with van der Waals surface area (Å²) in [6.07, 6.45) is 0. The summed E-state index contributed by atoms with van der Waals surface area (Å²) in [7, 11) is -3.92. The number of hydrogen-bond donors (Lipinski definition) is 1. The summed E-state index contributed by atoms with van der Waals surface area (Å²) in [5.41, 5.74) is 2.58. The quantitative estimate of drug-likeness (QED) is 0.309. The van der Waals surface area contributed by atoms with Gasteiger partial charge in [0, 0.05) is 49.7 Å². The van der Waals surface area contributed by atoms with Gasteiger partial charge in [0.15, 0.2) is 0 Å². The Kier molecular flexibility index (Phi) is 8.94. The molecule has 0 unspecified atom stereocenters. The van der Waals surface area contributed by atoms with Crippen molar-refractivity contribution in [3.8, 4) is 0 Å². The molecule has 0 atom stereocenters. The Labute approximate surface area is 245 Å². The Bertz CT molecular complexity index is 1630. The number of amides is 2. The van der Waals surface area contributed by atoms with Gasteiger partial charge in [-0.3, -0.25) is 9.59 Å². The summed E-state index contributed by atoms with van der Waals surface area (Å²) >= 11 is 0. The molecule has 1 heterocycles. The molecular formula is C32H31FN4O4S. The Morgan fingerprint density at radius 1 is 0.786 bits per heavy atom. The van der Waals surface area contributed by atoms with Crippen molar-refractivity contribution in [2.45, 2.75) is 11.4 Å². The zero-order valence-electron chi connectivity index (χ0n) is 22.9. The molecule has 0 bridgehead atoms. The van der Waals surface area contributed by atoms with Gasteiger partial charge in [0.05, 0.1) is 11.4 Å². The molecule has 0 aliphatic carbocycles. The fourth-order valence-corrected chi connectivity index (χ4v) is 6.25. The first-order valence-corrected chi connectivity index (χ1v) is 15.0. The molecule has 10 heteroatoms. The van der Waals surface area contributed by atoms with Crippen molar-refractivity contribution < 1.29 is 22.4 Å². The number of halogens is 1. The van der Waals surface area contributed by atoms with Gasteiger partial charge in [-0.15, -0.1) is 0 Å². The number of anilines is 2. The fraction of sp³-hybridized carbons (Fsp3) is 0.188. The topological polar surface area (TPSA) is 90.0 Å². The van der Waals surface area contributed by atoms with Crippen molar-refractivity contribution in [3.63, 3.8) is 0 Å². The van der Waals surface area contributed by atoms with Crippen LogP contribution in [-0.4, -0.2) is 62.2 Å². The molecular weight excluding hydrogens is 555 g/mol. The largest absolute Gasteiger partial charge is 0.368 e. The molecule has 1 fully saturated rings. The van der Waals surface area contributed by atoms with Crippen LogP contribution in [0.2, 0.25) is 0 Å². The first-order valence-electron chi connectivity index (χ1n) is 13.6. The van der Waals surface area contributed by atoms with Crippen molar-refractivity contribution in [1.82, 2.24) is 9.21 Å². The number of benzene rings is 4. The van der Waals surface area contributed by atoms with Crippen molar-refractivity contribution in [1.29, 1.82) is 0 Å². The maximum Gasteiger partial charge on any atom is 0.254 e. The van der Waals surface area contributed by atoms with E-state index >= 15 is 0 Å². The molecule has 0 spiro atoms. The minimum Gasteiger partial charge on any atom is -0.368 e. The molecule has 1 aliphatic heterocycles. The highest BCUT2D eigenvalue weighted by atomic mass is 32.2. The number of sulfonamides is 1. The number of carbonyl (C=O) groups excluding carboxylic acids is 2. The summed E-state index contributed by atoms with van der Waals surface area (Å²) in [5, 5.41) is 2.81. The maximum atomic E-state index is 13.5. The van der Waals surface area contributed by atoms with Crippen LogP contribution in [0.25, 0.3) is 0 Å². The van der Waals surface area contributed by atoms with Crippen molar-refractivity contribution in [2.24, 2.45) is 0 Å². The average Bonchev–Trinajstić information content (AvgIpc) is 3.02. The molecule has 0 aromatic heterocycles. The van der Waals surface area contributed by atoms with Gasteiger partial charge in [0.25, 0.3) is 5.91 Å². The molecule has 8 nitrogen and oxygen atoms in total. The van der Waals surface area contributed by atoms with Crippen LogP contribution in [-0.2, 0) is 21.4 Å². The number of piperazine rings is 1. The van der Waals surface area contributed by atoms with Gasteiger partial charge in [0.2, 0.25) is 15.9 Å². The van der Waals surface area contributed by atoms with Gasteiger partial charge in [-0.1, -0.05) is 54.6 Å². The number of nitrogens with one attached hydrogen (secondary N) is 1. The second kappa shape index (κ2) is 13.0. The molecule has 1 saturated heterocycles. The van der Waals surface area contributed by atoms with E-state index in [9.17, 15) is 22.4 Å². The Morgan fingerprint density at radius 2 is 1.43 bits per heavy atom. The van der Waals surface area contributed by atoms with Crippen LogP contribution in [0.3, 0.4) is 0 Å². The predicted molar refractivity (Wildman–Crippen MR) is 160 cm³/mol. The molecule has 0 saturated carbocycles. The Hall–Kier alpha value is -4.54. The Morgan fingerprint density at radius 3 is 2.07 bits per heavy atom. The molecule has 0 radical (unpaired) electrons. The highest BCUT2D eigenvalue weighted by Crippen LogP contribution is 2.22. The average molecular weight is 587 g/mol. The van der Waals surface area contributed by atoms with Gasteiger partial charge in [-0.05, 0) is 60.2 Å². The van der Waals surface area contributed by atoms with Crippen LogP contribution in [0, 0.1) is 5.82 Å². The van der Waals surface area contributed by atoms with Crippen LogP contribution >= 0.6 is 0 Å². The standard InChI is InChI=1S/C32H31FN4O4S/c33-27-11-7-10-26(22-27)32(39)36-20-18-35(19-21-36)29-16-14-28(15-17-29)34-31(38)24-37(23-25-8-3-1-4-9-25)42(40,41)30-12-5-2-6-13-30/h1-17,22H,18-21,23-24H2,(H,34,38). The van der Waals surface area contributed by atoms with E-state index in [-0.39, 0.29) is 23.9 Å². The van der Waals surface area contributed by atoms with E-state index in [2.05, 4.69) is 10.2 Å². The smallest absolute Gasteiger partial charge is 0.254 e. The van der Waals surface area contributed by atoms with Gasteiger partial charge >= 0.3 is 0 Å². The van der Waals surface area contributed by atoms with Crippen molar-refractivity contribution in [2.75, 3.05) is 42.9 Å². The van der Waals surface area contributed by atoms with Crippen LogP contribution in [0.15, 0.2) is 114 Å². The monoisotopic (exact) mass is 586 g/mol. The molecule has 42 heavy (non-hydrogen) atoms. The zero-order valence-corrected chi connectivity index (χ0v) is 23.7. The Balaban J connectivity index is 1.20. The van der Waals surface area contributed by atoms with Gasteiger partial charge in [-0.2, -0.15) is 4.31 Å². The molecule has 5 rings (SSSR count). The number of nitrogens with zero attached hydrogens (tertiary/aromatic N) is 3. The van der Waals surface area contributed by atoms with E-state index in [1.807, 2.05) is 42.5 Å². The second-order valence-corrected chi connectivity index (χ2v) is 11.9. The summed E-state index contributed by atoms with van der Waals surface area (Å²) in [5.74, 6) is -1.08. The highest BCUT2D eigenvalue weighted by molar-refractivity contribution is 7.89. The molecule has 4 aromatic carbocycles. The van der Waals surface area contributed by atoms with Gasteiger partial charge in [-0.25, -0.2) is 12.8 Å². The lowest BCUT2D eigenvalue weighted by molar-refractivity contribution is -0.116. The first kappa shape index (κ1) is 29.0. The van der Waals surface area contributed by atoms with E-state index in [0.717, 1.165) is 11.3 Å². The van der Waals surface area contributed by atoms with Crippen LogP contribution in [0.5, 0.6) is 0 Å². The minimum absolute atomic E-state index is 0.0537. The summed E-state index contributed by atoms with van der Waals surface area (Å²) in [6, 6.07) is 30.2. The van der Waals surface area contributed by atoms with Crippen LogP contribution in [0.1, 0.15) is 15.9 Å². The van der Waals surface area contributed by atoms with Crippen LogP contribution in [0.4, 0.5) is 15.8 Å². The van der Waals surface area contributed by atoms with Gasteiger partial charge < -0.3 is 15.1 Å². The zero-order chi connectivity index (χ0) is 29.5. The van der Waals surface area contributed by atoms with Crippen molar-refractivity contribution in [3.05, 3.63) is 126 Å². The second-order valence-electron chi connectivity index (χ2n) is 9.96. The first-order chi connectivity index (χ1) is 20.3. The van der Waals surface area contributed by atoms with Crippen molar-refractivity contribution >= 4 is 33.2 Å². The molecule has 4 aromatic rings. The summed E-state index contributed by atoms with van der Waals surface area (Å²) in [6.45, 7) is 1.92. The lowest BCUT2D eigenvalue weighted by Crippen LogP contribution is -2.48. The summed E-state index contributed by atoms with van der Waals surface area (Å²) in [4.78, 5) is 29.7. The minimum atomic E-state index is -3.92. The lowest BCUT2D eigenvalue weighted by Gasteiger charge is -2.36. The number of hydrogen-bond acceptors (Lipinski definition) is 5.